The summed E-state index contributed by atoms with van der Waals surface area (Å²) < 4.78 is 7.36. The molecule has 0 aliphatic carbocycles. The van der Waals surface area contributed by atoms with Crippen LogP contribution in [0.15, 0.2) is 48.7 Å². The molecule has 0 bridgehead atoms. The molecule has 2 aliphatic rings. The zero-order chi connectivity index (χ0) is 21.2. The highest BCUT2D eigenvalue weighted by molar-refractivity contribution is 5.94. The average molecular weight is 421 g/mol. The Labute approximate surface area is 182 Å². The number of aromatic nitrogens is 3. The number of nitrogens with zero attached hydrogens (tertiary/aromatic N) is 6. The van der Waals surface area contributed by atoms with Crippen LogP contribution in [-0.2, 0) is 11.3 Å². The van der Waals surface area contributed by atoms with Crippen LogP contribution in [0.25, 0.3) is 5.65 Å². The molecule has 2 fully saturated rings. The third kappa shape index (κ3) is 4.19. The smallest absolute Gasteiger partial charge is 0.255 e. The van der Waals surface area contributed by atoms with Gasteiger partial charge in [-0.15, -0.1) is 10.2 Å². The third-order valence-electron chi connectivity index (χ3n) is 6.25. The van der Waals surface area contributed by atoms with E-state index < -0.39 is 0 Å². The molecule has 0 unspecified atom stereocenters. The molecule has 0 saturated carbocycles. The highest BCUT2D eigenvalue weighted by atomic mass is 16.5. The minimum Gasteiger partial charge on any atom is -0.378 e. The van der Waals surface area contributed by atoms with Crippen LogP contribution in [0.3, 0.4) is 0 Å². The Morgan fingerprint density at radius 1 is 1.03 bits per heavy atom. The van der Waals surface area contributed by atoms with Crippen LogP contribution in [-0.4, -0.2) is 88.2 Å². The molecule has 5 rings (SSSR count). The number of fused-ring (bicyclic) bond motifs is 1. The van der Waals surface area contributed by atoms with Crippen LogP contribution in [0.5, 0.6) is 0 Å². The van der Waals surface area contributed by atoms with Gasteiger partial charge in [0.15, 0.2) is 11.5 Å². The van der Waals surface area contributed by atoms with Crippen molar-refractivity contribution in [3.8, 4) is 0 Å². The second kappa shape index (κ2) is 8.74. The van der Waals surface area contributed by atoms with Crippen molar-refractivity contribution >= 4 is 11.6 Å². The molecule has 3 aromatic rings. The first-order chi connectivity index (χ1) is 15.2. The SMILES string of the molecule is CN1CCN(Cc2ccccc2)C[C@@H]1c1nnc2ccc(C(=O)N3CCOCC3)cn12. The van der Waals surface area contributed by atoms with Crippen LogP contribution in [0.1, 0.15) is 27.8 Å². The van der Waals surface area contributed by atoms with Gasteiger partial charge in [0.2, 0.25) is 0 Å². The van der Waals surface area contributed by atoms with Crippen molar-refractivity contribution in [3.63, 3.8) is 0 Å². The molecule has 1 amide bonds. The Bertz CT molecular complexity index is 1050. The van der Waals surface area contributed by atoms with Crippen molar-refractivity contribution in [1.29, 1.82) is 0 Å². The second-order valence-corrected chi connectivity index (χ2v) is 8.33. The number of pyridine rings is 1. The van der Waals surface area contributed by atoms with E-state index in [1.54, 1.807) is 0 Å². The van der Waals surface area contributed by atoms with E-state index in [1.807, 2.05) is 27.6 Å². The molecular formula is C23H28N6O2. The van der Waals surface area contributed by atoms with Gasteiger partial charge in [-0.3, -0.25) is 19.0 Å². The van der Waals surface area contributed by atoms with Crippen LogP contribution in [0.4, 0.5) is 0 Å². The Kier molecular flexibility index (Phi) is 5.67. The van der Waals surface area contributed by atoms with Crippen LogP contribution in [0, 0.1) is 0 Å². The molecule has 4 heterocycles. The number of benzene rings is 1. The lowest BCUT2D eigenvalue weighted by Crippen LogP contribution is -2.46. The molecule has 0 radical (unpaired) electrons. The number of piperazine rings is 1. The topological polar surface area (TPSA) is 66.2 Å². The lowest BCUT2D eigenvalue weighted by atomic mass is 10.1. The number of morpholine rings is 1. The number of hydrogen-bond donors (Lipinski definition) is 0. The molecule has 1 aromatic carbocycles. The molecule has 2 aromatic heterocycles. The van der Waals surface area contributed by atoms with Gasteiger partial charge in [-0.2, -0.15) is 0 Å². The summed E-state index contributed by atoms with van der Waals surface area (Å²) in [6, 6.07) is 14.4. The number of rotatable bonds is 4. The van der Waals surface area contributed by atoms with E-state index in [4.69, 9.17) is 4.74 Å². The fourth-order valence-electron chi connectivity index (χ4n) is 4.41. The van der Waals surface area contributed by atoms with Crippen molar-refractivity contribution in [2.45, 2.75) is 12.6 Å². The predicted molar refractivity (Wildman–Crippen MR) is 117 cm³/mol. The monoisotopic (exact) mass is 420 g/mol. The summed E-state index contributed by atoms with van der Waals surface area (Å²) in [4.78, 5) is 19.6. The van der Waals surface area contributed by atoms with Crippen molar-refractivity contribution < 1.29 is 9.53 Å². The number of hydrogen-bond acceptors (Lipinski definition) is 6. The average Bonchev–Trinajstić information content (AvgIpc) is 3.24. The first-order valence-corrected chi connectivity index (χ1v) is 10.9. The summed E-state index contributed by atoms with van der Waals surface area (Å²) in [7, 11) is 2.13. The molecule has 162 valence electrons. The quantitative estimate of drug-likeness (QED) is 0.640. The van der Waals surface area contributed by atoms with Gasteiger partial charge in [0, 0.05) is 45.5 Å². The summed E-state index contributed by atoms with van der Waals surface area (Å²) >= 11 is 0. The Balaban J connectivity index is 1.39. The van der Waals surface area contributed by atoms with Crippen LogP contribution >= 0.6 is 0 Å². The van der Waals surface area contributed by atoms with Gasteiger partial charge in [0.1, 0.15) is 0 Å². The van der Waals surface area contributed by atoms with Gasteiger partial charge in [0.05, 0.1) is 24.8 Å². The van der Waals surface area contributed by atoms with E-state index in [-0.39, 0.29) is 11.9 Å². The first kappa shape index (κ1) is 20.1. The molecule has 0 N–H and O–H groups in total. The lowest BCUT2D eigenvalue weighted by molar-refractivity contribution is 0.0302. The molecule has 0 spiro atoms. The van der Waals surface area contributed by atoms with E-state index in [0.717, 1.165) is 37.7 Å². The Morgan fingerprint density at radius 3 is 2.65 bits per heavy atom. The van der Waals surface area contributed by atoms with Gasteiger partial charge < -0.3 is 9.64 Å². The fraction of sp³-hybridized carbons (Fsp3) is 0.435. The van der Waals surface area contributed by atoms with Gasteiger partial charge in [-0.1, -0.05) is 30.3 Å². The maximum Gasteiger partial charge on any atom is 0.255 e. The summed E-state index contributed by atoms with van der Waals surface area (Å²) in [6.07, 6.45) is 1.90. The standard InChI is InChI=1S/C23H28N6O2/c1-26-9-10-27(15-18-5-3-2-4-6-18)17-20(26)22-25-24-21-8-7-19(16-29(21)22)23(30)28-11-13-31-14-12-28/h2-8,16,20H,9-15,17H2,1H3/t20-/m1/s1. The predicted octanol–water partition coefficient (Wildman–Crippen LogP) is 1.69. The summed E-state index contributed by atoms with van der Waals surface area (Å²) in [5.74, 6) is 0.916. The summed E-state index contributed by atoms with van der Waals surface area (Å²) in [5, 5.41) is 8.90. The van der Waals surface area contributed by atoms with Crippen LogP contribution < -0.4 is 0 Å². The van der Waals surface area contributed by atoms with E-state index in [0.29, 0.717) is 31.9 Å². The minimum absolute atomic E-state index is 0.0348. The lowest BCUT2D eigenvalue weighted by Gasteiger charge is -2.38. The molecule has 2 saturated heterocycles. The second-order valence-electron chi connectivity index (χ2n) is 8.33. The Morgan fingerprint density at radius 2 is 1.84 bits per heavy atom. The van der Waals surface area contributed by atoms with E-state index >= 15 is 0 Å². The zero-order valence-electron chi connectivity index (χ0n) is 17.9. The normalized spacial score (nSPS) is 20.9. The van der Waals surface area contributed by atoms with Crippen molar-refractivity contribution in [2.75, 3.05) is 53.0 Å². The molecule has 2 aliphatic heterocycles. The highest BCUT2D eigenvalue weighted by Gasteiger charge is 2.30. The highest BCUT2D eigenvalue weighted by Crippen LogP contribution is 2.25. The van der Waals surface area contributed by atoms with Gasteiger partial charge in [-0.05, 0) is 24.7 Å². The summed E-state index contributed by atoms with van der Waals surface area (Å²) in [6.45, 7) is 6.21. The Hall–Kier alpha value is -2.81. The van der Waals surface area contributed by atoms with Gasteiger partial charge >= 0.3 is 0 Å². The molecule has 31 heavy (non-hydrogen) atoms. The first-order valence-electron chi connectivity index (χ1n) is 10.9. The van der Waals surface area contributed by atoms with Crippen molar-refractivity contribution in [3.05, 3.63) is 65.6 Å². The maximum atomic E-state index is 13.0. The van der Waals surface area contributed by atoms with E-state index in [2.05, 4.69) is 57.4 Å². The van der Waals surface area contributed by atoms with E-state index in [1.165, 1.54) is 5.56 Å². The fourth-order valence-corrected chi connectivity index (χ4v) is 4.41. The van der Waals surface area contributed by atoms with Crippen molar-refractivity contribution in [2.24, 2.45) is 0 Å². The van der Waals surface area contributed by atoms with Gasteiger partial charge in [-0.25, -0.2) is 0 Å². The molecule has 1 atom stereocenters. The largest absolute Gasteiger partial charge is 0.378 e. The maximum absolute atomic E-state index is 13.0. The number of ether oxygens (including phenoxy) is 1. The number of carbonyl (C=O) groups excluding carboxylic acids is 1. The summed E-state index contributed by atoms with van der Waals surface area (Å²) in [5.41, 5.74) is 2.74. The molecule has 8 nitrogen and oxygen atoms in total. The van der Waals surface area contributed by atoms with Gasteiger partial charge in [0.25, 0.3) is 5.91 Å². The minimum atomic E-state index is 0.0348. The number of likely N-dealkylation sites (N-methyl/N-ethyl adjacent to an activating group) is 1. The third-order valence-corrected chi connectivity index (χ3v) is 6.25. The van der Waals surface area contributed by atoms with Crippen LogP contribution in [0.2, 0.25) is 0 Å². The molecular weight excluding hydrogens is 392 g/mol. The number of carbonyl (C=O) groups is 1. The number of amides is 1. The van der Waals surface area contributed by atoms with Crippen molar-refractivity contribution in [1.82, 2.24) is 29.3 Å². The zero-order valence-corrected chi connectivity index (χ0v) is 17.9. The van der Waals surface area contributed by atoms with E-state index in [9.17, 15) is 4.79 Å². The molecule has 8 heteroatoms.